The Morgan fingerprint density at radius 3 is 2.26 bits per heavy atom. The topological polar surface area (TPSA) is 125 Å². The van der Waals surface area contributed by atoms with Crippen molar-refractivity contribution in [2.45, 2.75) is 64.8 Å². The van der Waals surface area contributed by atoms with Gasteiger partial charge >= 0.3 is 12.1 Å². The molecule has 1 amide bonds. The van der Waals surface area contributed by atoms with Crippen LogP contribution in [0.4, 0.5) is 4.79 Å². The number of nitrogens with zero attached hydrogens (tertiary/aromatic N) is 1. The first-order valence-electron chi connectivity index (χ1n) is 13.4. The second-order valence-electron chi connectivity index (χ2n) is 11.1. The van der Waals surface area contributed by atoms with Crippen LogP contribution in [0.2, 0.25) is 0 Å². The Kier molecular flexibility index (Phi) is 8.53. The minimum absolute atomic E-state index is 0.0794. The number of carboxylic acids is 1. The lowest BCUT2D eigenvalue weighted by atomic mass is 9.76. The van der Waals surface area contributed by atoms with E-state index in [1.54, 1.807) is 6.92 Å². The molecule has 0 aliphatic heterocycles. The van der Waals surface area contributed by atoms with Crippen LogP contribution in [0.1, 0.15) is 69.9 Å². The van der Waals surface area contributed by atoms with Crippen LogP contribution in [0.15, 0.2) is 64.9 Å². The van der Waals surface area contributed by atoms with Gasteiger partial charge in [0, 0.05) is 31.0 Å². The Labute approximate surface area is 228 Å². The van der Waals surface area contributed by atoms with Crippen molar-refractivity contribution < 1.29 is 29.3 Å². The highest BCUT2D eigenvalue weighted by Crippen LogP contribution is 2.44. The van der Waals surface area contributed by atoms with E-state index in [1.165, 1.54) is 0 Å². The van der Waals surface area contributed by atoms with Crippen molar-refractivity contribution in [1.29, 1.82) is 0 Å². The maximum atomic E-state index is 12.5. The maximum absolute atomic E-state index is 12.5. The minimum Gasteiger partial charge on any atom is -0.511 e. The number of aliphatic imine (C=N–C) groups is 1. The lowest BCUT2D eigenvalue weighted by Crippen LogP contribution is -2.41. The molecule has 0 heterocycles. The van der Waals surface area contributed by atoms with Crippen molar-refractivity contribution in [1.82, 2.24) is 5.32 Å². The van der Waals surface area contributed by atoms with E-state index in [4.69, 9.17) is 4.74 Å². The maximum Gasteiger partial charge on any atom is 0.407 e. The molecule has 2 aliphatic rings. The number of ketones is 1. The van der Waals surface area contributed by atoms with Crippen LogP contribution < -0.4 is 5.32 Å². The zero-order valence-electron chi connectivity index (χ0n) is 22.7. The average Bonchev–Trinajstić information content (AvgIpc) is 3.19. The third kappa shape index (κ3) is 6.56. The Hall–Kier alpha value is -3.94. The number of carbonyl (C=O) groups excluding carboxylic acids is 2. The molecule has 0 radical (unpaired) electrons. The van der Waals surface area contributed by atoms with Gasteiger partial charge in [-0.25, -0.2) is 9.59 Å². The number of ether oxygens (including phenoxy) is 1. The van der Waals surface area contributed by atoms with Gasteiger partial charge in [-0.15, -0.1) is 0 Å². The number of hydrogen-bond acceptors (Lipinski definition) is 6. The fourth-order valence-corrected chi connectivity index (χ4v) is 5.52. The van der Waals surface area contributed by atoms with E-state index in [2.05, 4.69) is 10.3 Å². The van der Waals surface area contributed by atoms with Gasteiger partial charge in [-0.2, -0.15) is 0 Å². The summed E-state index contributed by atoms with van der Waals surface area (Å²) >= 11 is 0. The molecule has 8 heteroatoms. The highest BCUT2D eigenvalue weighted by Gasteiger charge is 2.34. The average molecular weight is 533 g/mol. The van der Waals surface area contributed by atoms with Crippen molar-refractivity contribution in [2.24, 2.45) is 10.4 Å². The molecule has 0 bridgehead atoms. The van der Waals surface area contributed by atoms with Crippen LogP contribution in [-0.4, -0.2) is 53.0 Å². The van der Waals surface area contributed by atoms with Gasteiger partial charge in [0.25, 0.3) is 0 Å². The molecule has 0 saturated carbocycles. The summed E-state index contributed by atoms with van der Waals surface area (Å²) in [6.45, 7) is 6.09. The standard InChI is InChI=1S/C31H36N2O6/c1-19(28-26(34)16-31(2,3)17-27(28)35)32-15-9-8-14-25(29(36)37)33-30(38)39-18-24-22-12-6-4-10-20(22)21-11-5-7-13-23(21)24/h4-7,10-13,24-25,34H,8-9,14-18H2,1-3H3,(H,33,38)(H,36,37)/t25-/m0/s1. The van der Waals surface area contributed by atoms with Crippen molar-refractivity contribution >= 4 is 23.6 Å². The smallest absolute Gasteiger partial charge is 0.407 e. The predicted octanol–water partition coefficient (Wildman–Crippen LogP) is 5.81. The molecule has 0 aromatic heterocycles. The summed E-state index contributed by atoms with van der Waals surface area (Å²) in [6.07, 6.45) is 1.32. The molecule has 39 heavy (non-hydrogen) atoms. The summed E-state index contributed by atoms with van der Waals surface area (Å²) in [6, 6.07) is 14.9. The quantitative estimate of drug-likeness (QED) is 0.262. The molecule has 4 rings (SSSR count). The Bertz CT molecular complexity index is 1280. The number of alkyl carbamates (subject to hydrolysis) is 1. The number of amides is 1. The second-order valence-corrected chi connectivity index (χ2v) is 11.1. The van der Waals surface area contributed by atoms with Crippen LogP contribution in [0.25, 0.3) is 11.1 Å². The zero-order chi connectivity index (χ0) is 28.2. The molecule has 2 aromatic carbocycles. The summed E-state index contributed by atoms with van der Waals surface area (Å²) in [4.78, 5) is 41.2. The Morgan fingerprint density at radius 2 is 1.67 bits per heavy atom. The number of carboxylic acid groups (broad SMARTS) is 1. The lowest BCUT2D eigenvalue weighted by Gasteiger charge is -2.29. The van der Waals surface area contributed by atoms with Gasteiger partial charge in [0.05, 0.1) is 5.57 Å². The molecule has 3 N–H and O–H groups in total. The van der Waals surface area contributed by atoms with E-state index in [-0.39, 0.29) is 35.9 Å². The second kappa shape index (κ2) is 11.8. The summed E-state index contributed by atoms with van der Waals surface area (Å²) in [5, 5.41) is 22.4. The summed E-state index contributed by atoms with van der Waals surface area (Å²) in [5.74, 6) is -1.27. The third-order valence-corrected chi connectivity index (χ3v) is 7.40. The number of aliphatic carboxylic acids is 1. The number of aliphatic hydroxyl groups is 1. The first-order valence-corrected chi connectivity index (χ1v) is 13.4. The number of benzene rings is 2. The largest absolute Gasteiger partial charge is 0.511 e. The Morgan fingerprint density at radius 1 is 1.05 bits per heavy atom. The molecule has 8 nitrogen and oxygen atoms in total. The fraction of sp³-hybridized carbons (Fsp3) is 0.419. The molecule has 2 aliphatic carbocycles. The van der Waals surface area contributed by atoms with Gasteiger partial charge in [-0.1, -0.05) is 62.4 Å². The summed E-state index contributed by atoms with van der Waals surface area (Å²) in [7, 11) is 0. The minimum atomic E-state index is -1.13. The molecule has 0 spiro atoms. The number of Topliss-reactive ketones (excluding diaryl/α,β-unsaturated/α-hetero) is 1. The van der Waals surface area contributed by atoms with Crippen LogP contribution in [0.5, 0.6) is 0 Å². The molecule has 2 aromatic rings. The van der Waals surface area contributed by atoms with Crippen LogP contribution in [0, 0.1) is 5.41 Å². The van der Waals surface area contributed by atoms with E-state index in [0.29, 0.717) is 43.5 Å². The molecule has 0 saturated heterocycles. The van der Waals surface area contributed by atoms with Crippen LogP contribution in [0.3, 0.4) is 0 Å². The monoisotopic (exact) mass is 532 g/mol. The predicted molar refractivity (Wildman–Crippen MR) is 149 cm³/mol. The molecule has 0 unspecified atom stereocenters. The van der Waals surface area contributed by atoms with Gasteiger partial charge in [-0.3, -0.25) is 9.79 Å². The van der Waals surface area contributed by atoms with Gasteiger partial charge < -0.3 is 20.3 Å². The van der Waals surface area contributed by atoms with Gasteiger partial charge in [0.2, 0.25) is 0 Å². The first-order chi connectivity index (χ1) is 18.6. The van der Waals surface area contributed by atoms with Gasteiger partial charge in [0.15, 0.2) is 5.78 Å². The zero-order valence-corrected chi connectivity index (χ0v) is 22.7. The van der Waals surface area contributed by atoms with Crippen molar-refractivity contribution in [3.63, 3.8) is 0 Å². The normalized spacial score (nSPS) is 17.4. The number of unbranched alkanes of at least 4 members (excludes halogenated alkanes) is 1. The number of fused-ring (bicyclic) bond motifs is 3. The van der Waals surface area contributed by atoms with E-state index >= 15 is 0 Å². The number of aliphatic hydroxyl groups excluding tert-OH is 1. The highest BCUT2D eigenvalue weighted by molar-refractivity contribution is 6.22. The molecule has 0 fully saturated rings. The molecular weight excluding hydrogens is 496 g/mol. The van der Waals surface area contributed by atoms with Crippen molar-refractivity contribution in [2.75, 3.05) is 13.2 Å². The number of nitrogens with one attached hydrogen (secondary N) is 1. The number of carbonyl (C=O) groups is 3. The first kappa shape index (κ1) is 28.1. The number of hydrogen-bond donors (Lipinski definition) is 3. The van der Waals surface area contributed by atoms with Gasteiger partial charge in [0.1, 0.15) is 18.4 Å². The van der Waals surface area contributed by atoms with Crippen molar-refractivity contribution in [3.8, 4) is 11.1 Å². The summed E-state index contributed by atoms with van der Waals surface area (Å²) in [5.41, 5.74) is 4.93. The van der Waals surface area contributed by atoms with E-state index in [1.807, 2.05) is 62.4 Å². The molecule has 1 atom stereocenters. The summed E-state index contributed by atoms with van der Waals surface area (Å²) < 4.78 is 5.49. The lowest BCUT2D eigenvalue weighted by molar-refractivity contribution is -0.139. The molecule has 206 valence electrons. The van der Waals surface area contributed by atoms with Crippen molar-refractivity contribution in [3.05, 3.63) is 71.0 Å². The van der Waals surface area contributed by atoms with Crippen LogP contribution in [-0.2, 0) is 14.3 Å². The SMILES string of the molecule is CC(=NCCCC[C@H](NC(=O)OCC1c2ccccc2-c2ccccc21)C(=O)O)C1=C(O)CC(C)(C)CC1=O. The van der Waals surface area contributed by atoms with E-state index < -0.39 is 18.1 Å². The fourth-order valence-electron chi connectivity index (χ4n) is 5.52. The molecular formula is C31H36N2O6. The van der Waals surface area contributed by atoms with Gasteiger partial charge in [-0.05, 0) is 53.9 Å². The number of rotatable bonds is 10. The van der Waals surface area contributed by atoms with Crippen LogP contribution >= 0.6 is 0 Å². The highest BCUT2D eigenvalue weighted by atomic mass is 16.5. The number of allylic oxidation sites excluding steroid dienone is 2. The third-order valence-electron chi connectivity index (χ3n) is 7.40. The van der Waals surface area contributed by atoms with E-state index in [0.717, 1.165) is 22.3 Å². The Balaban J connectivity index is 1.26. The van der Waals surface area contributed by atoms with E-state index in [9.17, 15) is 24.6 Å².